The number of sulfonamides is 1. The lowest BCUT2D eigenvalue weighted by molar-refractivity contribution is -0.366. The highest BCUT2D eigenvalue weighted by atomic mass is 32.2. The number of nitrogens with one attached hydrogen (secondary N) is 2. The van der Waals surface area contributed by atoms with E-state index in [4.69, 9.17) is 0 Å². The molecule has 1 aromatic heterocycles. The Kier molecular flexibility index (Phi) is 5.71. The zero-order chi connectivity index (χ0) is 19.4. The summed E-state index contributed by atoms with van der Waals surface area (Å²) in [5.41, 5.74) is 0.379. The van der Waals surface area contributed by atoms with Crippen molar-refractivity contribution >= 4 is 27.4 Å². The molecule has 1 saturated heterocycles. The summed E-state index contributed by atoms with van der Waals surface area (Å²) in [5.74, 6) is -0.153. The van der Waals surface area contributed by atoms with Crippen molar-refractivity contribution in [1.29, 1.82) is 0 Å². The molecule has 9 heteroatoms. The number of amides is 1. The lowest BCUT2D eigenvalue weighted by Gasteiger charge is -2.15. The molecule has 0 bridgehead atoms. The number of carbonyl (C=O) groups is 1. The van der Waals surface area contributed by atoms with Crippen molar-refractivity contribution in [2.75, 3.05) is 36.9 Å². The molecule has 1 aliphatic rings. The molecule has 0 atom stereocenters. The molecule has 0 radical (unpaired) electrons. The molecular weight excluding hydrogens is 371 g/mol. The van der Waals surface area contributed by atoms with Gasteiger partial charge in [0.25, 0.3) is 11.7 Å². The van der Waals surface area contributed by atoms with Gasteiger partial charge in [0.05, 0.1) is 7.05 Å². The first-order chi connectivity index (χ1) is 12.9. The first-order valence-electron chi connectivity index (χ1n) is 8.65. The maximum absolute atomic E-state index is 13.2. The fraction of sp³-hybridized carbons (Fsp3) is 0.333. The SMILES string of the molecule is CN(CC(=O)Nc1cccc(F)c1)c1ccc(S(=O)(=O)N2CCCC2)c[nH+]1. The van der Waals surface area contributed by atoms with Crippen LogP contribution >= 0.6 is 0 Å². The number of pyridine rings is 1. The minimum absolute atomic E-state index is 0.0191. The van der Waals surface area contributed by atoms with Crippen molar-refractivity contribution in [3.8, 4) is 0 Å². The Morgan fingerprint density at radius 1 is 1.26 bits per heavy atom. The van der Waals surface area contributed by atoms with Crippen LogP contribution in [0.3, 0.4) is 0 Å². The van der Waals surface area contributed by atoms with Gasteiger partial charge in [-0.3, -0.25) is 9.69 Å². The van der Waals surface area contributed by atoms with Gasteiger partial charge in [-0.15, -0.1) is 0 Å². The number of likely N-dealkylation sites (N-methyl/N-ethyl adjacent to an activating group) is 1. The van der Waals surface area contributed by atoms with E-state index in [2.05, 4.69) is 10.3 Å². The molecule has 2 heterocycles. The summed E-state index contributed by atoms with van der Waals surface area (Å²) in [6.07, 6.45) is 3.19. The van der Waals surface area contributed by atoms with Crippen LogP contribution in [0.15, 0.2) is 47.5 Å². The molecule has 0 unspecified atom stereocenters. The summed E-state index contributed by atoms with van der Waals surface area (Å²) < 4.78 is 39.7. The van der Waals surface area contributed by atoms with Crippen LogP contribution in [0, 0.1) is 5.82 Å². The van der Waals surface area contributed by atoms with Crippen molar-refractivity contribution < 1.29 is 22.6 Å². The van der Waals surface area contributed by atoms with Crippen LogP contribution in [-0.2, 0) is 14.8 Å². The number of benzene rings is 1. The van der Waals surface area contributed by atoms with Crippen molar-refractivity contribution in [2.24, 2.45) is 0 Å². The third kappa shape index (κ3) is 4.61. The molecule has 0 spiro atoms. The molecule has 1 fully saturated rings. The quantitative estimate of drug-likeness (QED) is 0.806. The maximum atomic E-state index is 13.2. The van der Waals surface area contributed by atoms with Gasteiger partial charge in [-0.2, -0.15) is 4.31 Å². The summed E-state index contributed by atoms with van der Waals surface area (Å²) in [6.45, 7) is 1.11. The van der Waals surface area contributed by atoms with Crippen molar-refractivity contribution in [3.63, 3.8) is 0 Å². The lowest BCUT2D eigenvalue weighted by atomic mass is 10.3. The summed E-state index contributed by atoms with van der Waals surface area (Å²) in [4.78, 5) is 16.9. The molecule has 0 saturated carbocycles. The largest absolute Gasteiger partial charge is 0.323 e. The molecule has 2 N–H and O–H groups in total. The summed E-state index contributed by atoms with van der Waals surface area (Å²) in [5, 5.41) is 2.62. The minimum Gasteiger partial charge on any atom is -0.323 e. The van der Waals surface area contributed by atoms with E-state index in [-0.39, 0.29) is 17.3 Å². The zero-order valence-electron chi connectivity index (χ0n) is 15.0. The van der Waals surface area contributed by atoms with Crippen LogP contribution in [-0.4, -0.2) is 45.3 Å². The number of hydrogen-bond acceptors (Lipinski definition) is 4. The number of halogens is 1. The van der Waals surface area contributed by atoms with Crippen molar-refractivity contribution in [2.45, 2.75) is 17.7 Å². The minimum atomic E-state index is -3.48. The first kappa shape index (κ1) is 19.2. The molecule has 1 amide bonds. The predicted molar refractivity (Wildman–Crippen MR) is 99.3 cm³/mol. The second kappa shape index (κ2) is 8.01. The highest BCUT2D eigenvalue weighted by Crippen LogP contribution is 2.20. The maximum Gasteiger partial charge on any atom is 0.274 e. The average molecular weight is 393 g/mol. The number of aromatic nitrogens is 1. The van der Waals surface area contributed by atoms with E-state index < -0.39 is 15.8 Å². The standard InChI is InChI=1S/C18H21FN4O3S/c1-22(13-18(24)21-15-6-4-5-14(19)11-15)17-8-7-16(12-20-17)27(25,26)23-9-2-3-10-23/h4-8,11-12H,2-3,9-10,13H2,1H3,(H,21,24)/p+1. The summed E-state index contributed by atoms with van der Waals surface area (Å²) in [6, 6.07) is 8.81. The zero-order valence-corrected chi connectivity index (χ0v) is 15.8. The number of carbonyl (C=O) groups excluding carboxylic acids is 1. The molecule has 0 aliphatic carbocycles. The number of hydrogen-bond donors (Lipinski definition) is 1. The highest BCUT2D eigenvalue weighted by molar-refractivity contribution is 7.89. The Labute approximate surface area is 157 Å². The third-order valence-corrected chi connectivity index (χ3v) is 6.27. The van der Waals surface area contributed by atoms with E-state index in [1.807, 2.05) is 0 Å². The van der Waals surface area contributed by atoms with Crippen LogP contribution in [0.5, 0.6) is 0 Å². The van der Waals surface area contributed by atoms with Crippen LogP contribution in [0.2, 0.25) is 0 Å². The number of aromatic amines is 1. The Hall–Kier alpha value is -2.52. The smallest absolute Gasteiger partial charge is 0.274 e. The molecule has 27 heavy (non-hydrogen) atoms. The van der Waals surface area contributed by atoms with E-state index in [9.17, 15) is 17.6 Å². The molecular formula is C18H22FN4O3S+. The first-order valence-corrected chi connectivity index (χ1v) is 10.1. The lowest BCUT2D eigenvalue weighted by Crippen LogP contribution is -2.34. The Bertz CT molecular complexity index is 912. The second-order valence-corrected chi connectivity index (χ2v) is 8.37. The van der Waals surface area contributed by atoms with E-state index in [0.29, 0.717) is 24.6 Å². The highest BCUT2D eigenvalue weighted by Gasteiger charge is 2.28. The van der Waals surface area contributed by atoms with Crippen molar-refractivity contribution in [1.82, 2.24) is 4.31 Å². The molecule has 3 rings (SSSR count). The van der Waals surface area contributed by atoms with Gasteiger partial charge < -0.3 is 5.32 Å². The van der Waals surface area contributed by atoms with Gasteiger partial charge >= 0.3 is 0 Å². The predicted octanol–water partition coefficient (Wildman–Crippen LogP) is 1.50. The fourth-order valence-corrected chi connectivity index (χ4v) is 4.43. The Balaban J connectivity index is 1.63. The molecule has 1 aliphatic heterocycles. The molecule has 144 valence electrons. The van der Waals surface area contributed by atoms with Crippen molar-refractivity contribution in [3.05, 3.63) is 48.4 Å². The van der Waals surface area contributed by atoms with E-state index >= 15 is 0 Å². The van der Waals surface area contributed by atoms with Gasteiger partial charge in [-0.25, -0.2) is 17.8 Å². The topological polar surface area (TPSA) is 83.9 Å². The Morgan fingerprint density at radius 2 is 2.00 bits per heavy atom. The summed E-state index contributed by atoms with van der Waals surface area (Å²) in [7, 11) is -1.78. The fourth-order valence-electron chi connectivity index (χ4n) is 2.95. The number of anilines is 2. The number of rotatable bonds is 6. The van der Waals surface area contributed by atoms with Crippen LogP contribution < -0.4 is 15.2 Å². The van der Waals surface area contributed by atoms with Crippen LogP contribution in [0.1, 0.15) is 12.8 Å². The van der Waals surface area contributed by atoms with Crippen LogP contribution in [0.4, 0.5) is 15.9 Å². The Morgan fingerprint density at radius 3 is 2.63 bits per heavy atom. The van der Waals surface area contributed by atoms with Gasteiger partial charge in [0, 0.05) is 24.8 Å². The van der Waals surface area contributed by atoms with Gasteiger partial charge in [-0.05, 0) is 37.1 Å². The van der Waals surface area contributed by atoms with Gasteiger partial charge in [0.15, 0.2) is 6.54 Å². The second-order valence-electron chi connectivity index (χ2n) is 6.44. The van der Waals surface area contributed by atoms with Crippen LogP contribution in [0.25, 0.3) is 0 Å². The van der Waals surface area contributed by atoms with Gasteiger partial charge in [0.2, 0.25) is 10.0 Å². The third-order valence-electron chi connectivity index (χ3n) is 4.37. The summed E-state index contributed by atoms with van der Waals surface area (Å²) >= 11 is 0. The number of H-pyrrole nitrogens is 1. The van der Waals surface area contributed by atoms with Gasteiger partial charge in [0.1, 0.15) is 16.9 Å². The molecule has 7 nitrogen and oxygen atoms in total. The van der Waals surface area contributed by atoms with E-state index in [1.54, 1.807) is 24.1 Å². The monoisotopic (exact) mass is 393 g/mol. The van der Waals surface area contributed by atoms with Gasteiger partial charge in [-0.1, -0.05) is 6.07 Å². The molecule has 2 aromatic rings. The average Bonchev–Trinajstić information content (AvgIpc) is 3.17. The normalized spacial score (nSPS) is 14.9. The molecule has 1 aromatic carbocycles. The number of nitrogens with zero attached hydrogens (tertiary/aromatic N) is 2. The van der Waals surface area contributed by atoms with E-state index in [1.165, 1.54) is 34.8 Å². The van der Waals surface area contributed by atoms with E-state index in [0.717, 1.165) is 12.8 Å².